The van der Waals surface area contributed by atoms with Crippen molar-refractivity contribution in [2.24, 2.45) is 5.92 Å². The standard InChI is InChI=1S/C16H19NO3/c1-12(2)15-10-14(18)8-9-17(15)16(19)20-11-13-6-4-3-5-7-13/h3-9,12,15H,10-11H2,1-2H3/t15-/m0/s1. The first-order valence-corrected chi connectivity index (χ1v) is 6.78. The zero-order chi connectivity index (χ0) is 14.5. The molecular formula is C16H19NO3. The van der Waals surface area contributed by atoms with E-state index in [-0.39, 0.29) is 24.3 Å². The fourth-order valence-electron chi connectivity index (χ4n) is 2.19. The highest BCUT2D eigenvalue weighted by Gasteiger charge is 2.30. The monoisotopic (exact) mass is 273 g/mol. The lowest BCUT2D eigenvalue weighted by Crippen LogP contribution is -2.43. The van der Waals surface area contributed by atoms with E-state index < -0.39 is 6.09 Å². The number of rotatable bonds is 3. The zero-order valence-electron chi connectivity index (χ0n) is 11.8. The molecule has 0 radical (unpaired) electrons. The lowest BCUT2D eigenvalue weighted by molar-refractivity contribution is -0.116. The third-order valence-electron chi connectivity index (χ3n) is 3.37. The number of hydrogen-bond acceptors (Lipinski definition) is 3. The number of carbonyl (C=O) groups is 2. The van der Waals surface area contributed by atoms with Crippen LogP contribution in [0.2, 0.25) is 0 Å². The molecule has 1 heterocycles. The Morgan fingerprint density at radius 2 is 2.05 bits per heavy atom. The van der Waals surface area contributed by atoms with E-state index in [4.69, 9.17) is 4.74 Å². The number of benzene rings is 1. The first kappa shape index (κ1) is 14.3. The van der Waals surface area contributed by atoms with E-state index in [0.717, 1.165) is 5.56 Å². The van der Waals surface area contributed by atoms with E-state index in [1.807, 2.05) is 44.2 Å². The van der Waals surface area contributed by atoms with E-state index in [2.05, 4.69) is 0 Å². The normalized spacial score (nSPS) is 18.4. The highest BCUT2D eigenvalue weighted by atomic mass is 16.6. The van der Waals surface area contributed by atoms with E-state index in [9.17, 15) is 9.59 Å². The molecule has 0 fully saturated rings. The van der Waals surface area contributed by atoms with Crippen molar-refractivity contribution in [1.29, 1.82) is 0 Å². The number of allylic oxidation sites excluding steroid dienone is 1. The van der Waals surface area contributed by atoms with Crippen molar-refractivity contribution in [3.63, 3.8) is 0 Å². The Balaban J connectivity index is 2.00. The van der Waals surface area contributed by atoms with Crippen molar-refractivity contribution in [2.75, 3.05) is 0 Å². The summed E-state index contributed by atoms with van der Waals surface area (Å²) in [6, 6.07) is 9.40. The molecule has 1 aromatic rings. The van der Waals surface area contributed by atoms with Crippen molar-refractivity contribution in [1.82, 2.24) is 4.90 Å². The lowest BCUT2D eigenvalue weighted by atomic mass is 9.95. The molecule has 20 heavy (non-hydrogen) atoms. The first-order valence-electron chi connectivity index (χ1n) is 6.78. The van der Waals surface area contributed by atoms with E-state index in [1.165, 1.54) is 17.2 Å². The Labute approximate surface area is 119 Å². The van der Waals surface area contributed by atoms with Crippen LogP contribution in [0.1, 0.15) is 25.8 Å². The molecule has 106 valence electrons. The SMILES string of the molecule is CC(C)[C@@H]1CC(=O)C=CN1C(=O)OCc1ccccc1. The fraction of sp³-hybridized carbons (Fsp3) is 0.375. The molecule has 1 aromatic carbocycles. The predicted molar refractivity (Wildman–Crippen MR) is 75.9 cm³/mol. The molecule has 4 heteroatoms. The van der Waals surface area contributed by atoms with E-state index in [1.54, 1.807) is 0 Å². The van der Waals surface area contributed by atoms with Crippen LogP contribution in [0, 0.1) is 5.92 Å². The van der Waals surface area contributed by atoms with Gasteiger partial charge in [0.05, 0.1) is 0 Å². The summed E-state index contributed by atoms with van der Waals surface area (Å²) in [5.74, 6) is 0.254. The smallest absolute Gasteiger partial charge is 0.414 e. The molecule has 1 aliphatic rings. The highest BCUT2D eigenvalue weighted by molar-refractivity contribution is 5.92. The van der Waals surface area contributed by atoms with Crippen molar-refractivity contribution in [3.05, 3.63) is 48.2 Å². The summed E-state index contributed by atoms with van der Waals surface area (Å²) in [6.07, 6.45) is 2.91. The fourth-order valence-corrected chi connectivity index (χ4v) is 2.19. The molecule has 0 saturated heterocycles. The van der Waals surface area contributed by atoms with Crippen LogP contribution in [0.4, 0.5) is 4.79 Å². The molecule has 2 rings (SSSR count). The summed E-state index contributed by atoms with van der Waals surface area (Å²) in [6.45, 7) is 4.23. The molecule has 4 nitrogen and oxygen atoms in total. The maximum absolute atomic E-state index is 12.1. The van der Waals surface area contributed by atoms with Crippen LogP contribution in [0.3, 0.4) is 0 Å². The highest BCUT2D eigenvalue weighted by Crippen LogP contribution is 2.21. The summed E-state index contributed by atoms with van der Waals surface area (Å²) in [4.78, 5) is 25.1. The van der Waals surface area contributed by atoms with Gasteiger partial charge in [-0.05, 0) is 17.6 Å². The average Bonchev–Trinajstić information content (AvgIpc) is 2.45. The minimum absolute atomic E-state index is 0.0517. The Hall–Kier alpha value is -2.10. The van der Waals surface area contributed by atoms with Crippen LogP contribution in [-0.2, 0) is 16.1 Å². The van der Waals surface area contributed by atoms with Gasteiger partial charge in [-0.15, -0.1) is 0 Å². The van der Waals surface area contributed by atoms with Gasteiger partial charge in [0, 0.05) is 18.7 Å². The van der Waals surface area contributed by atoms with Crippen LogP contribution in [-0.4, -0.2) is 22.8 Å². The quantitative estimate of drug-likeness (QED) is 0.850. The number of nitrogens with zero attached hydrogens (tertiary/aromatic N) is 1. The maximum atomic E-state index is 12.1. The van der Waals surface area contributed by atoms with E-state index in [0.29, 0.717) is 6.42 Å². The largest absolute Gasteiger partial charge is 0.444 e. The van der Waals surface area contributed by atoms with Crippen molar-refractivity contribution < 1.29 is 14.3 Å². The summed E-state index contributed by atoms with van der Waals surface area (Å²) in [5, 5.41) is 0. The zero-order valence-corrected chi connectivity index (χ0v) is 11.8. The van der Waals surface area contributed by atoms with Crippen molar-refractivity contribution >= 4 is 11.9 Å². The number of carbonyl (C=O) groups excluding carboxylic acids is 2. The maximum Gasteiger partial charge on any atom is 0.414 e. The number of ether oxygens (including phenoxy) is 1. The van der Waals surface area contributed by atoms with Gasteiger partial charge in [-0.3, -0.25) is 9.69 Å². The molecule has 0 saturated carbocycles. The summed E-state index contributed by atoms with van der Waals surface area (Å²) in [5.41, 5.74) is 0.944. The number of amides is 1. The molecule has 0 spiro atoms. The second-order valence-electron chi connectivity index (χ2n) is 5.24. The first-order chi connectivity index (χ1) is 9.58. The van der Waals surface area contributed by atoms with Gasteiger partial charge in [-0.2, -0.15) is 0 Å². The van der Waals surface area contributed by atoms with Crippen LogP contribution < -0.4 is 0 Å². The minimum atomic E-state index is -0.406. The molecule has 0 bridgehead atoms. The van der Waals surface area contributed by atoms with Gasteiger partial charge in [0.15, 0.2) is 5.78 Å². The number of ketones is 1. The molecule has 0 aliphatic carbocycles. The predicted octanol–water partition coefficient (Wildman–Crippen LogP) is 3.14. The molecule has 0 N–H and O–H groups in total. The summed E-state index contributed by atoms with van der Waals surface area (Å²) < 4.78 is 5.31. The van der Waals surface area contributed by atoms with Gasteiger partial charge in [0.2, 0.25) is 0 Å². The molecule has 1 atom stereocenters. The molecule has 0 unspecified atom stereocenters. The third kappa shape index (κ3) is 3.47. The Kier molecular flexibility index (Phi) is 4.56. The lowest BCUT2D eigenvalue weighted by Gasteiger charge is -2.32. The van der Waals surface area contributed by atoms with Crippen LogP contribution in [0.5, 0.6) is 0 Å². The minimum Gasteiger partial charge on any atom is -0.444 e. The second-order valence-corrected chi connectivity index (χ2v) is 5.24. The Bertz CT molecular complexity index is 508. The van der Waals surface area contributed by atoms with E-state index >= 15 is 0 Å². The van der Waals surface area contributed by atoms with Crippen LogP contribution in [0.25, 0.3) is 0 Å². The molecule has 0 aromatic heterocycles. The van der Waals surface area contributed by atoms with Crippen molar-refractivity contribution in [2.45, 2.75) is 32.9 Å². The van der Waals surface area contributed by atoms with Crippen molar-refractivity contribution in [3.8, 4) is 0 Å². The summed E-state index contributed by atoms with van der Waals surface area (Å²) >= 11 is 0. The van der Waals surface area contributed by atoms with Gasteiger partial charge in [-0.25, -0.2) is 4.79 Å². The Morgan fingerprint density at radius 3 is 2.70 bits per heavy atom. The second kappa shape index (κ2) is 6.37. The molecular weight excluding hydrogens is 254 g/mol. The third-order valence-corrected chi connectivity index (χ3v) is 3.37. The topological polar surface area (TPSA) is 46.6 Å². The van der Waals surface area contributed by atoms with Gasteiger partial charge in [-0.1, -0.05) is 44.2 Å². The van der Waals surface area contributed by atoms with Gasteiger partial charge in [0.1, 0.15) is 6.61 Å². The van der Waals surface area contributed by atoms with Gasteiger partial charge in [0.25, 0.3) is 0 Å². The van der Waals surface area contributed by atoms with Crippen LogP contribution in [0.15, 0.2) is 42.6 Å². The van der Waals surface area contributed by atoms with Crippen LogP contribution >= 0.6 is 0 Å². The van der Waals surface area contributed by atoms with Gasteiger partial charge >= 0.3 is 6.09 Å². The molecule has 1 amide bonds. The summed E-state index contributed by atoms with van der Waals surface area (Å²) in [7, 11) is 0. The van der Waals surface area contributed by atoms with Gasteiger partial charge < -0.3 is 4.74 Å². The Morgan fingerprint density at radius 1 is 1.35 bits per heavy atom. The molecule has 1 aliphatic heterocycles. The number of hydrogen-bond donors (Lipinski definition) is 0. The average molecular weight is 273 g/mol.